The van der Waals surface area contributed by atoms with Crippen LogP contribution in [0, 0.1) is 10.1 Å². The van der Waals surface area contributed by atoms with E-state index in [1.54, 1.807) is 12.1 Å². The first kappa shape index (κ1) is 40.2. The molecular formula is C35H48N6O11. The van der Waals surface area contributed by atoms with Crippen molar-refractivity contribution in [1.82, 2.24) is 19.5 Å². The minimum absolute atomic E-state index is 0.0141. The summed E-state index contributed by atoms with van der Waals surface area (Å²) >= 11 is 0. The van der Waals surface area contributed by atoms with E-state index in [4.69, 9.17) is 18.9 Å². The van der Waals surface area contributed by atoms with Gasteiger partial charge in [-0.3, -0.25) is 24.8 Å². The lowest BCUT2D eigenvalue weighted by Gasteiger charge is -2.20. The summed E-state index contributed by atoms with van der Waals surface area (Å²) in [5.41, 5.74) is 1.25. The first-order chi connectivity index (χ1) is 25.2. The number of carbonyl (C=O) groups is 3. The number of anilines is 1. The molecule has 1 saturated heterocycles. The van der Waals surface area contributed by atoms with Crippen LogP contribution in [0.4, 0.5) is 16.3 Å². The third-order valence-electron chi connectivity index (χ3n) is 8.66. The summed E-state index contributed by atoms with van der Waals surface area (Å²) in [6, 6.07) is 5.95. The number of nitro benzene ring substituents is 1. The molecule has 0 bridgehead atoms. The number of aliphatic hydroxyl groups is 2. The highest BCUT2D eigenvalue weighted by Gasteiger charge is 2.45. The van der Waals surface area contributed by atoms with Crippen molar-refractivity contribution in [1.29, 1.82) is 0 Å². The lowest BCUT2D eigenvalue weighted by atomic mass is 10.1. The molecule has 1 amide bonds. The number of non-ortho nitro benzene ring substituents is 1. The molecule has 1 aliphatic heterocycles. The van der Waals surface area contributed by atoms with Crippen molar-refractivity contribution in [3.05, 3.63) is 52.6 Å². The minimum Gasteiger partial charge on any atom is -0.466 e. The van der Waals surface area contributed by atoms with Crippen LogP contribution in [-0.4, -0.2) is 97.2 Å². The van der Waals surface area contributed by atoms with Gasteiger partial charge in [-0.05, 0) is 25.3 Å². The molecule has 0 saturated carbocycles. The molecule has 3 N–H and O–H groups in total. The number of aliphatic hydroxyl groups excluding tert-OH is 2. The van der Waals surface area contributed by atoms with Gasteiger partial charge in [-0.2, -0.15) is 0 Å². The number of nitrogens with zero attached hydrogens (tertiary/aromatic N) is 5. The Morgan fingerprint density at radius 1 is 0.923 bits per heavy atom. The molecular weight excluding hydrogens is 680 g/mol. The monoisotopic (exact) mass is 728 g/mol. The Hall–Kier alpha value is -4.58. The number of rotatable bonds is 23. The number of ether oxygens (including phenoxy) is 4. The number of carbonyl (C=O) groups excluding carboxylic acids is 3. The fraction of sp³-hybridized carbons (Fsp3) is 0.600. The fourth-order valence-electron chi connectivity index (χ4n) is 5.81. The molecule has 3 heterocycles. The molecule has 284 valence electrons. The van der Waals surface area contributed by atoms with E-state index in [1.807, 2.05) is 0 Å². The number of Topliss-reactive ketones (excluding diaryl/α,β-unsaturated/α-hetero) is 1. The number of fused-ring (bicyclic) bond motifs is 1. The van der Waals surface area contributed by atoms with Crippen molar-refractivity contribution in [2.24, 2.45) is 0 Å². The molecule has 2 aromatic heterocycles. The lowest BCUT2D eigenvalue weighted by Crippen LogP contribution is -2.36. The molecule has 0 unspecified atom stereocenters. The molecule has 1 aliphatic rings. The Balaban J connectivity index is 1.14. The SMILES string of the molecule is CC(=O)CCC(=O)OCCCCCCCCCCCO[C@H]1[C@@H](O)[C@H](n2cnc3c(NC(=O)OCCc4ccc([N+](=O)[O-])cc4)ncnc32)O[C@@H]1CO. The van der Waals surface area contributed by atoms with Gasteiger partial charge in [0, 0.05) is 31.6 Å². The van der Waals surface area contributed by atoms with Crippen molar-refractivity contribution in [2.75, 3.05) is 31.7 Å². The Bertz CT molecular complexity index is 1600. The topological polar surface area (TPSA) is 227 Å². The van der Waals surface area contributed by atoms with Crippen LogP contribution in [0.25, 0.3) is 11.2 Å². The maximum Gasteiger partial charge on any atom is 0.412 e. The number of aromatic nitrogens is 4. The maximum atomic E-state index is 12.5. The molecule has 0 aliphatic carbocycles. The zero-order chi connectivity index (χ0) is 37.3. The highest BCUT2D eigenvalue weighted by molar-refractivity contribution is 5.93. The third kappa shape index (κ3) is 12.3. The molecule has 1 fully saturated rings. The Morgan fingerprint density at radius 3 is 2.25 bits per heavy atom. The summed E-state index contributed by atoms with van der Waals surface area (Å²) in [7, 11) is 0. The number of imidazole rings is 1. The average molecular weight is 729 g/mol. The van der Waals surface area contributed by atoms with Crippen LogP contribution in [-0.2, 0) is 35.0 Å². The van der Waals surface area contributed by atoms with Gasteiger partial charge in [0.1, 0.15) is 30.4 Å². The Kier molecular flexibility index (Phi) is 16.3. The number of esters is 1. The van der Waals surface area contributed by atoms with E-state index < -0.39 is 35.6 Å². The average Bonchev–Trinajstić information content (AvgIpc) is 3.70. The van der Waals surface area contributed by atoms with E-state index in [9.17, 15) is 34.7 Å². The molecule has 17 nitrogen and oxygen atoms in total. The quantitative estimate of drug-likeness (QED) is 0.0526. The predicted molar refractivity (Wildman–Crippen MR) is 186 cm³/mol. The van der Waals surface area contributed by atoms with Crippen LogP contribution in [0.3, 0.4) is 0 Å². The van der Waals surface area contributed by atoms with Crippen molar-refractivity contribution in [2.45, 2.75) is 109 Å². The molecule has 17 heteroatoms. The summed E-state index contributed by atoms with van der Waals surface area (Å²) < 4.78 is 23.8. The molecule has 4 rings (SSSR count). The summed E-state index contributed by atoms with van der Waals surface area (Å²) in [5.74, 6) is -0.242. The molecule has 52 heavy (non-hydrogen) atoms. The van der Waals surface area contributed by atoms with Gasteiger partial charge in [0.2, 0.25) is 0 Å². The Morgan fingerprint density at radius 2 is 1.60 bits per heavy atom. The molecule has 1 aromatic carbocycles. The van der Waals surface area contributed by atoms with E-state index in [2.05, 4.69) is 20.3 Å². The second-order valence-corrected chi connectivity index (χ2v) is 12.7. The van der Waals surface area contributed by atoms with Gasteiger partial charge in [-0.15, -0.1) is 0 Å². The maximum absolute atomic E-state index is 12.5. The summed E-state index contributed by atoms with van der Waals surface area (Å²) in [4.78, 5) is 57.9. The number of nitrogens with one attached hydrogen (secondary N) is 1. The van der Waals surface area contributed by atoms with E-state index in [0.29, 0.717) is 19.6 Å². The van der Waals surface area contributed by atoms with Crippen LogP contribution < -0.4 is 5.32 Å². The number of ketones is 1. The van der Waals surface area contributed by atoms with E-state index in [1.165, 1.54) is 36.3 Å². The zero-order valence-corrected chi connectivity index (χ0v) is 29.4. The van der Waals surface area contributed by atoms with Crippen LogP contribution in [0.1, 0.15) is 89.3 Å². The van der Waals surface area contributed by atoms with Crippen LogP contribution >= 0.6 is 0 Å². The normalized spacial score (nSPS) is 18.4. The molecule has 0 spiro atoms. The van der Waals surface area contributed by atoms with Gasteiger partial charge in [0.15, 0.2) is 23.2 Å². The largest absolute Gasteiger partial charge is 0.466 e. The van der Waals surface area contributed by atoms with Crippen LogP contribution in [0.15, 0.2) is 36.9 Å². The van der Waals surface area contributed by atoms with Crippen molar-refractivity contribution in [3.63, 3.8) is 0 Å². The number of hydrogen-bond donors (Lipinski definition) is 3. The minimum atomic E-state index is -1.13. The highest BCUT2D eigenvalue weighted by Crippen LogP contribution is 2.34. The number of hydrogen-bond acceptors (Lipinski definition) is 14. The number of amides is 1. The zero-order valence-electron chi connectivity index (χ0n) is 29.4. The summed E-state index contributed by atoms with van der Waals surface area (Å²) in [6.45, 7) is 1.92. The lowest BCUT2D eigenvalue weighted by molar-refractivity contribution is -0.384. The number of nitro groups is 1. The third-order valence-corrected chi connectivity index (χ3v) is 8.66. The highest BCUT2D eigenvalue weighted by atomic mass is 16.6. The first-order valence-corrected chi connectivity index (χ1v) is 17.7. The van der Waals surface area contributed by atoms with Crippen LogP contribution in [0.5, 0.6) is 0 Å². The van der Waals surface area contributed by atoms with Crippen LogP contribution in [0.2, 0.25) is 0 Å². The second-order valence-electron chi connectivity index (χ2n) is 12.7. The van der Waals surface area contributed by atoms with Crippen molar-refractivity contribution >= 4 is 40.5 Å². The van der Waals surface area contributed by atoms with E-state index in [0.717, 1.165) is 63.4 Å². The van der Waals surface area contributed by atoms with E-state index in [-0.39, 0.29) is 60.5 Å². The standard InChI is InChI=1S/C35H48N6O11/c1-24(43)11-16-28(44)49-18-9-7-5-3-2-4-6-8-10-19-50-31-27(21-42)52-34(30(31)45)40-23-38-29-32(36-22-37-33(29)40)39-35(46)51-20-17-25-12-14-26(15-13-25)41(47)48/h12-15,22-23,27,30-31,34,42,45H,2-11,16-21H2,1H3,(H,36,37,39,46)/t27-,30-,31-,34-/m1/s1. The molecule has 0 radical (unpaired) electrons. The van der Waals surface area contributed by atoms with Gasteiger partial charge in [-0.1, -0.05) is 57.1 Å². The second kappa shape index (κ2) is 21.1. The first-order valence-electron chi connectivity index (χ1n) is 17.7. The van der Waals surface area contributed by atoms with Gasteiger partial charge < -0.3 is 34.0 Å². The smallest absolute Gasteiger partial charge is 0.412 e. The van der Waals surface area contributed by atoms with E-state index >= 15 is 0 Å². The summed E-state index contributed by atoms with van der Waals surface area (Å²) in [5, 5.41) is 34.5. The van der Waals surface area contributed by atoms with Crippen molar-refractivity contribution < 1.29 is 48.5 Å². The fourth-order valence-corrected chi connectivity index (χ4v) is 5.81. The van der Waals surface area contributed by atoms with Crippen molar-refractivity contribution in [3.8, 4) is 0 Å². The molecule has 4 atom stereocenters. The van der Waals surface area contributed by atoms with Gasteiger partial charge >= 0.3 is 12.1 Å². The van der Waals surface area contributed by atoms with Gasteiger partial charge in [-0.25, -0.2) is 19.7 Å². The molecule has 3 aromatic rings. The summed E-state index contributed by atoms with van der Waals surface area (Å²) in [6.07, 6.45) is 7.99. The predicted octanol–water partition coefficient (Wildman–Crippen LogP) is 4.58. The van der Waals surface area contributed by atoms with Gasteiger partial charge in [0.05, 0.1) is 37.5 Å². The number of unbranched alkanes of at least 4 members (excludes halogenated alkanes) is 8. The number of benzene rings is 1. The van der Waals surface area contributed by atoms with Gasteiger partial charge in [0.25, 0.3) is 5.69 Å². The Labute approximate surface area is 301 Å².